The van der Waals surface area contributed by atoms with Crippen molar-refractivity contribution >= 4 is 34.2 Å². The predicted molar refractivity (Wildman–Crippen MR) is 99.3 cm³/mol. The molecule has 0 atom stereocenters. The molecule has 0 saturated carbocycles. The van der Waals surface area contributed by atoms with Crippen molar-refractivity contribution in [1.29, 1.82) is 0 Å². The molecule has 0 spiro atoms. The molecule has 0 fully saturated rings. The van der Waals surface area contributed by atoms with E-state index in [4.69, 9.17) is 0 Å². The van der Waals surface area contributed by atoms with Gasteiger partial charge in [-0.3, -0.25) is 20.4 Å². The fourth-order valence-electron chi connectivity index (χ4n) is 3.84. The second kappa shape index (κ2) is 5.95. The Morgan fingerprint density at radius 3 is 2.81 bits per heavy atom. The van der Waals surface area contributed by atoms with Gasteiger partial charge in [-0.05, 0) is 55.5 Å². The number of carbonyl (C=O) groups is 2. The zero-order chi connectivity index (χ0) is 17.7. The topological polar surface area (TPSA) is 76.0 Å². The van der Waals surface area contributed by atoms with Crippen molar-refractivity contribution in [2.45, 2.75) is 38.6 Å². The number of hydrogen-bond acceptors (Lipinski definition) is 4. The highest BCUT2D eigenvalue weighted by molar-refractivity contribution is 7.14. The van der Waals surface area contributed by atoms with Gasteiger partial charge in [0.25, 0.3) is 11.8 Å². The van der Waals surface area contributed by atoms with Crippen LogP contribution in [-0.2, 0) is 25.8 Å². The molecule has 0 bridgehead atoms. The summed E-state index contributed by atoms with van der Waals surface area (Å²) in [6.07, 6.45) is 5.34. The maximum atomic E-state index is 12.4. The van der Waals surface area contributed by atoms with Gasteiger partial charge in [0.05, 0.1) is 15.9 Å². The SMILES string of the molecule is O=C(NNC(=O)c1cc2c(s1)CCC2)c1ccc2nc3n(c2c1)CCC3. The van der Waals surface area contributed by atoms with E-state index in [2.05, 4.69) is 20.4 Å². The van der Waals surface area contributed by atoms with Crippen LogP contribution in [0.1, 0.15) is 49.1 Å². The molecule has 0 radical (unpaired) electrons. The zero-order valence-corrected chi connectivity index (χ0v) is 15.0. The number of aromatic nitrogens is 2. The summed E-state index contributed by atoms with van der Waals surface area (Å²) in [4.78, 5) is 31.3. The number of fused-ring (bicyclic) bond motifs is 4. The van der Waals surface area contributed by atoms with Gasteiger partial charge in [0.1, 0.15) is 5.82 Å². The summed E-state index contributed by atoms with van der Waals surface area (Å²) in [7, 11) is 0. The number of aryl methyl sites for hydroxylation is 4. The van der Waals surface area contributed by atoms with E-state index in [-0.39, 0.29) is 11.8 Å². The third-order valence-corrected chi connectivity index (χ3v) is 6.37. The molecule has 2 aliphatic rings. The van der Waals surface area contributed by atoms with Crippen LogP contribution in [0.5, 0.6) is 0 Å². The highest BCUT2D eigenvalue weighted by Gasteiger charge is 2.20. The van der Waals surface area contributed by atoms with Crippen molar-refractivity contribution in [2.24, 2.45) is 0 Å². The van der Waals surface area contributed by atoms with Gasteiger partial charge in [-0.25, -0.2) is 4.98 Å². The first kappa shape index (κ1) is 15.6. The molecule has 3 heterocycles. The Balaban J connectivity index is 1.30. The van der Waals surface area contributed by atoms with Gasteiger partial charge in [0.2, 0.25) is 0 Å². The zero-order valence-electron chi connectivity index (χ0n) is 14.2. The van der Waals surface area contributed by atoms with Gasteiger partial charge in [0, 0.05) is 23.4 Å². The van der Waals surface area contributed by atoms with Gasteiger partial charge in [0.15, 0.2) is 0 Å². The first-order valence-corrected chi connectivity index (χ1v) is 9.72. The van der Waals surface area contributed by atoms with Gasteiger partial charge < -0.3 is 4.57 Å². The molecule has 6 nitrogen and oxygen atoms in total. The van der Waals surface area contributed by atoms with Crippen molar-refractivity contribution in [1.82, 2.24) is 20.4 Å². The summed E-state index contributed by atoms with van der Waals surface area (Å²) >= 11 is 1.52. The van der Waals surface area contributed by atoms with Crippen LogP contribution in [-0.4, -0.2) is 21.4 Å². The number of thiophene rings is 1. The highest BCUT2D eigenvalue weighted by atomic mass is 32.1. The fourth-order valence-corrected chi connectivity index (χ4v) is 4.99. The Labute approximate surface area is 154 Å². The van der Waals surface area contributed by atoms with E-state index in [1.165, 1.54) is 28.2 Å². The molecule has 2 amide bonds. The molecule has 0 unspecified atom stereocenters. The normalized spacial score (nSPS) is 15.1. The molecule has 5 rings (SSSR count). The molecule has 1 aromatic carbocycles. The van der Waals surface area contributed by atoms with Crippen LogP contribution < -0.4 is 10.9 Å². The lowest BCUT2D eigenvalue weighted by Gasteiger charge is -2.07. The van der Waals surface area contributed by atoms with Gasteiger partial charge in [-0.2, -0.15) is 0 Å². The summed E-state index contributed by atoms with van der Waals surface area (Å²) in [6.45, 7) is 0.941. The van der Waals surface area contributed by atoms with Crippen LogP contribution in [0.4, 0.5) is 0 Å². The van der Waals surface area contributed by atoms with Crippen molar-refractivity contribution in [3.63, 3.8) is 0 Å². The quantitative estimate of drug-likeness (QED) is 0.685. The van der Waals surface area contributed by atoms with E-state index in [0.717, 1.165) is 49.1 Å². The molecule has 132 valence electrons. The third kappa shape index (κ3) is 2.50. The minimum absolute atomic E-state index is 0.260. The molecule has 0 saturated heterocycles. The second-order valence-corrected chi connectivity index (χ2v) is 7.94. The molecule has 1 aliphatic carbocycles. The van der Waals surface area contributed by atoms with Gasteiger partial charge in [-0.15, -0.1) is 11.3 Å². The highest BCUT2D eigenvalue weighted by Crippen LogP contribution is 2.30. The molecule has 2 N–H and O–H groups in total. The number of nitrogens with one attached hydrogen (secondary N) is 2. The van der Waals surface area contributed by atoms with Crippen LogP contribution in [0.2, 0.25) is 0 Å². The average molecular weight is 366 g/mol. The second-order valence-electron chi connectivity index (χ2n) is 6.81. The number of nitrogens with zero attached hydrogens (tertiary/aromatic N) is 2. The van der Waals surface area contributed by atoms with Crippen LogP contribution in [0, 0.1) is 0 Å². The average Bonchev–Trinajstić information content (AvgIpc) is 3.37. The largest absolute Gasteiger partial charge is 0.328 e. The summed E-state index contributed by atoms with van der Waals surface area (Å²) in [6, 6.07) is 7.39. The Morgan fingerprint density at radius 1 is 1.04 bits per heavy atom. The first-order chi connectivity index (χ1) is 12.7. The molecular formula is C19H18N4O2S. The van der Waals surface area contributed by atoms with Crippen molar-refractivity contribution in [2.75, 3.05) is 0 Å². The number of hydrazine groups is 1. The number of imidazole rings is 1. The Morgan fingerprint density at radius 2 is 1.92 bits per heavy atom. The number of hydrogen-bond donors (Lipinski definition) is 2. The Kier molecular flexibility index (Phi) is 3.56. The molecule has 2 aromatic heterocycles. The maximum absolute atomic E-state index is 12.4. The van der Waals surface area contributed by atoms with Crippen LogP contribution in [0.25, 0.3) is 11.0 Å². The number of amides is 2. The number of rotatable bonds is 2. The maximum Gasteiger partial charge on any atom is 0.279 e. The van der Waals surface area contributed by atoms with Crippen LogP contribution in [0.15, 0.2) is 24.3 Å². The van der Waals surface area contributed by atoms with Crippen molar-refractivity contribution in [3.05, 3.63) is 51.0 Å². The minimum Gasteiger partial charge on any atom is -0.328 e. The van der Waals surface area contributed by atoms with E-state index in [1.54, 1.807) is 6.07 Å². The fraction of sp³-hybridized carbons (Fsp3) is 0.316. The summed E-state index contributed by atoms with van der Waals surface area (Å²) in [5.74, 6) is 0.499. The molecule has 1 aliphatic heterocycles. The van der Waals surface area contributed by atoms with E-state index >= 15 is 0 Å². The smallest absolute Gasteiger partial charge is 0.279 e. The van der Waals surface area contributed by atoms with Crippen molar-refractivity contribution in [3.8, 4) is 0 Å². The number of carbonyl (C=O) groups excluding carboxylic acids is 2. The van der Waals surface area contributed by atoms with E-state index < -0.39 is 0 Å². The van der Waals surface area contributed by atoms with E-state index in [0.29, 0.717) is 10.4 Å². The minimum atomic E-state index is -0.321. The molecular weight excluding hydrogens is 348 g/mol. The lowest BCUT2D eigenvalue weighted by Crippen LogP contribution is -2.41. The molecule has 26 heavy (non-hydrogen) atoms. The Hall–Kier alpha value is -2.67. The Bertz CT molecular complexity index is 1030. The predicted octanol–water partition coefficient (Wildman–Crippen LogP) is 2.61. The molecule has 7 heteroatoms. The summed E-state index contributed by atoms with van der Waals surface area (Å²) < 4.78 is 2.16. The summed E-state index contributed by atoms with van der Waals surface area (Å²) in [5.41, 5.74) is 8.73. The van der Waals surface area contributed by atoms with E-state index in [1.807, 2.05) is 18.2 Å². The van der Waals surface area contributed by atoms with Gasteiger partial charge >= 0.3 is 0 Å². The third-order valence-electron chi connectivity index (χ3n) is 5.13. The lowest BCUT2D eigenvalue weighted by molar-refractivity contribution is 0.0849. The van der Waals surface area contributed by atoms with Gasteiger partial charge in [-0.1, -0.05) is 0 Å². The van der Waals surface area contributed by atoms with Crippen LogP contribution >= 0.6 is 11.3 Å². The molecule has 3 aromatic rings. The van der Waals surface area contributed by atoms with Crippen LogP contribution in [0.3, 0.4) is 0 Å². The lowest BCUT2D eigenvalue weighted by atomic mass is 10.2. The number of benzene rings is 1. The monoisotopic (exact) mass is 366 g/mol. The van der Waals surface area contributed by atoms with Crippen molar-refractivity contribution < 1.29 is 9.59 Å². The summed E-state index contributed by atoms with van der Waals surface area (Å²) in [5, 5.41) is 0. The van der Waals surface area contributed by atoms with E-state index in [9.17, 15) is 9.59 Å². The first-order valence-electron chi connectivity index (χ1n) is 8.90. The standard InChI is InChI=1S/C19H18N4O2S/c24-18(21-22-19(25)16-10-11-3-1-4-15(11)26-16)12-6-7-13-14(9-12)23-8-2-5-17(23)20-13/h6-7,9-10H,1-5,8H2,(H,21,24)(H,22,25).